The van der Waals surface area contributed by atoms with Crippen LogP contribution < -0.4 is 16.4 Å². The normalized spacial score (nSPS) is 14.8. The maximum Gasteiger partial charge on any atom is 0.338 e. The average Bonchev–Trinajstić information content (AvgIpc) is 2.52. The van der Waals surface area contributed by atoms with Gasteiger partial charge in [-0.05, 0) is 51.1 Å². The summed E-state index contributed by atoms with van der Waals surface area (Å²) in [4.78, 5) is 11.6. The third kappa shape index (κ3) is 5.27. The van der Waals surface area contributed by atoms with Crippen molar-refractivity contribution in [2.24, 2.45) is 0 Å². The van der Waals surface area contributed by atoms with Crippen molar-refractivity contribution in [3.05, 3.63) is 23.8 Å². The van der Waals surface area contributed by atoms with Gasteiger partial charge in [0.1, 0.15) is 0 Å². The minimum Gasteiger partial charge on any atom is -0.462 e. The van der Waals surface area contributed by atoms with Crippen LogP contribution in [0.3, 0.4) is 0 Å². The average molecular weight is 293 g/mol. The van der Waals surface area contributed by atoms with Crippen LogP contribution in [0.4, 0.5) is 11.4 Å². The molecule has 1 fully saturated rings. The Morgan fingerprint density at radius 3 is 2.62 bits per heavy atom. The fraction of sp³-hybridized carbons (Fsp3) is 0.562. The van der Waals surface area contributed by atoms with Crippen molar-refractivity contribution in [2.75, 3.05) is 30.7 Å². The zero-order valence-corrected chi connectivity index (χ0v) is 13.2. The van der Waals surface area contributed by atoms with Crippen molar-refractivity contribution in [1.82, 2.24) is 5.32 Å². The zero-order valence-electron chi connectivity index (χ0n) is 13.2. The molecule has 0 atom stereocenters. The summed E-state index contributed by atoms with van der Waals surface area (Å²) in [5.41, 5.74) is 7.96. The molecule has 0 bridgehead atoms. The van der Waals surface area contributed by atoms with E-state index in [1.54, 1.807) is 19.1 Å². The largest absolute Gasteiger partial charge is 0.462 e. The number of nitrogens with one attached hydrogen (secondary N) is 2. The molecule has 5 heteroatoms. The Morgan fingerprint density at radius 1 is 1.38 bits per heavy atom. The van der Waals surface area contributed by atoms with Gasteiger partial charge in [-0.2, -0.15) is 0 Å². The van der Waals surface area contributed by atoms with Gasteiger partial charge in [0.15, 0.2) is 0 Å². The summed E-state index contributed by atoms with van der Waals surface area (Å²) < 4.78 is 4.95. The van der Waals surface area contributed by atoms with E-state index in [1.165, 1.54) is 0 Å². The molecule has 1 aromatic carbocycles. The highest BCUT2D eigenvalue weighted by molar-refractivity contribution is 5.91. The standard InChI is InChI=1S/C14H21N3O2.C2H6/c1-2-19-14(18)10-3-4-13(12(15)9-10)17-11-5-7-16-8-6-11;1-2/h3-4,9,11,16-17H,2,5-8,15H2,1H3;1-2H3. The fourth-order valence-electron chi connectivity index (χ4n) is 2.22. The first-order chi connectivity index (χ1) is 10.2. The third-order valence-electron chi connectivity index (χ3n) is 3.26. The first kappa shape index (κ1) is 17.3. The molecule has 1 aliphatic rings. The number of benzene rings is 1. The number of nitrogens with two attached hydrogens (primary N) is 1. The number of carbonyl (C=O) groups excluding carboxylic acids is 1. The second kappa shape index (κ2) is 9.23. The second-order valence-corrected chi connectivity index (χ2v) is 4.69. The van der Waals surface area contributed by atoms with E-state index in [0.29, 0.717) is 23.9 Å². The van der Waals surface area contributed by atoms with Crippen LogP contribution >= 0.6 is 0 Å². The summed E-state index contributed by atoms with van der Waals surface area (Å²) in [6.07, 6.45) is 2.16. The Hall–Kier alpha value is -1.75. The molecule has 0 unspecified atom stereocenters. The maximum atomic E-state index is 11.6. The van der Waals surface area contributed by atoms with Crippen LogP contribution in [-0.4, -0.2) is 31.7 Å². The highest BCUT2D eigenvalue weighted by atomic mass is 16.5. The fourth-order valence-corrected chi connectivity index (χ4v) is 2.22. The Balaban J connectivity index is 0.00000106. The number of nitrogen functional groups attached to an aromatic ring is 1. The van der Waals surface area contributed by atoms with E-state index in [9.17, 15) is 4.79 Å². The first-order valence-corrected chi connectivity index (χ1v) is 7.74. The van der Waals surface area contributed by atoms with Gasteiger partial charge in [0.2, 0.25) is 0 Å². The van der Waals surface area contributed by atoms with E-state index in [1.807, 2.05) is 19.9 Å². The molecular formula is C16H27N3O2. The summed E-state index contributed by atoms with van der Waals surface area (Å²) in [7, 11) is 0. The Labute approximate surface area is 127 Å². The van der Waals surface area contributed by atoms with Crippen molar-refractivity contribution in [3.8, 4) is 0 Å². The SMILES string of the molecule is CC.CCOC(=O)c1ccc(NC2CCNCC2)c(N)c1. The summed E-state index contributed by atoms with van der Waals surface area (Å²) in [6, 6.07) is 5.71. The monoisotopic (exact) mass is 293 g/mol. The lowest BCUT2D eigenvalue weighted by Crippen LogP contribution is -2.35. The Bertz CT molecular complexity index is 443. The van der Waals surface area contributed by atoms with E-state index in [0.717, 1.165) is 31.6 Å². The van der Waals surface area contributed by atoms with Crippen molar-refractivity contribution < 1.29 is 9.53 Å². The third-order valence-corrected chi connectivity index (χ3v) is 3.26. The van der Waals surface area contributed by atoms with Gasteiger partial charge in [-0.1, -0.05) is 13.8 Å². The van der Waals surface area contributed by atoms with Gasteiger partial charge in [0.25, 0.3) is 0 Å². The van der Waals surface area contributed by atoms with Crippen LogP contribution in [0, 0.1) is 0 Å². The van der Waals surface area contributed by atoms with E-state index < -0.39 is 0 Å². The van der Waals surface area contributed by atoms with Gasteiger partial charge in [0.05, 0.1) is 23.5 Å². The van der Waals surface area contributed by atoms with Gasteiger partial charge in [-0.15, -0.1) is 0 Å². The van der Waals surface area contributed by atoms with Crippen LogP contribution in [0.2, 0.25) is 0 Å². The summed E-state index contributed by atoms with van der Waals surface area (Å²) >= 11 is 0. The summed E-state index contributed by atoms with van der Waals surface area (Å²) in [5, 5.41) is 6.75. The lowest BCUT2D eigenvalue weighted by Gasteiger charge is -2.25. The molecule has 21 heavy (non-hydrogen) atoms. The Kier molecular flexibility index (Phi) is 7.61. The molecule has 4 N–H and O–H groups in total. The molecule has 1 aliphatic heterocycles. The highest BCUT2D eigenvalue weighted by Crippen LogP contribution is 2.23. The van der Waals surface area contributed by atoms with E-state index in [2.05, 4.69) is 10.6 Å². The van der Waals surface area contributed by atoms with Crippen LogP contribution in [0.25, 0.3) is 0 Å². The van der Waals surface area contributed by atoms with Gasteiger partial charge in [-0.3, -0.25) is 0 Å². The van der Waals surface area contributed by atoms with Crippen molar-refractivity contribution in [3.63, 3.8) is 0 Å². The number of carbonyl (C=O) groups is 1. The highest BCUT2D eigenvalue weighted by Gasteiger charge is 2.14. The molecule has 118 valence electrons. The number of ether oxygens (including phenoxy) is 1. The van der Waals surface area contributed by atoms with Crippen molar-refractivity contribution >= 4 is 17.3 Å². The molecule has 0 radical (unpaired) electrons. The topological polar surface area (TPSA) is 76.4 Å². The lowest BCUT2D eigenvalue weighted by atomic mass is 10.1. The summed E-state index contributed by atoms with van der Waals surface area (Å²) in [6.45, 7) is 8.21. The smallest absolute Gasteiger partial charge is 0.338 e. The van der Waals surface area contributed by atoms with E-state index >= 15 is 0 Å². The minimum absolute atomic E-state index is 0.331. The van der Waals surface area contributed by atoms with E-state index in [-0.39, 0.29) is 5.97 Å². The van der Waals surface area contributed by atoms with Gasteiger partial charge in [-0.25, -0.2) is 4.79 Å². The number of hydrogen-bond donors (Lipinski definition) is 3. The van der Waals surface area contributed by atoms with Crippen LogP contribution in [0.5, 0.6) is 0 Å². The van der Waals surface area contributed by atoms with Gasteiger partial charge >= 0.3 is 5.97 Å². The lowest BCUT2D eigenvalue weighted by molar-refractivity contribution is 0.0526. The molecule has 1 heterocycles. The maximum absolute atomic E-state index is 11.6. The van der Waals surface area contributed by atoms with Crippen molar-refractivity contribution in [2.45, 2.75) is 39.7 Å². The van der Waals surface area contributed by atoms with Gasteiger partial charge in [0, 0.05) is 6.04 Å². The summed E-state index contributed by atoms with van der Waals surface area (Å²) in [5.74, 6) is -0.331. The molecule has 0 saturated carbocycles. The van der Waals surface area contributed by atoms with Crippen molar-refractivity contribution in [1.29, 1.82) is 0 Å². The molecule has 0 amide bonds. The van der Waals surface area contributed by atoms with Crippen LogP contribution in [0.1, 0.15) is 44.0 Å². The zero-order chi connectivity index (χ0) is 15.7. The van der Waals surface area contributed by atoms with Gasteiger partial charge < -0.3 is 21.1 Å². The van der Waals surface area contributed by atoms with E-state index in [4.69, 9.17) is 10.5 Å². The number of esters is 1. The molecule has 5 nitrogen and oxygen atoms in total. The molecule has 0 aromatic heterocycles. The second-order valence-electron chi connectivity index (χ2n) is 4.69. The predicted molar refractivity (Wildman–Crippen MR) is 87.7 cm³/mol. The molecule has 0 aliphatic carbocycles. The molecular weight excluding hydrogens is 266 g/mol. The predicted octanol–water partition coefficient (Wildman–Crippen LogP) is 2.64. The van der Waals surface area contributed by atoms with Crippen LogP contribution in [-0.2, 0) is 4.74 Å². The Morgan fingerprint density at radius 2 is 2.05 bits per heavy atom. The number of hydrogen-bond acceptors (Lipinski definition) is 5. The molecule has 1 aromatic rings. The minimum atomic E-state index is -0.331. The first-order valence-electron chi connectivity index (χ1n) is 7.74. The number of piperidine rings is 1. The molecule has 2 rings (SSSR count). The molecule has 0 spiro atoms. The van der Waals surface area contributed by atoms with Crippen LogP contribution in [0.15, 0.2) is 18.2 Å². The number of rotatable bonds is 4. The molecule has 1 saturated heterocycles. The quantitative estimate of drug-likeness (QED) is 0.587. The number of anilines is 2.